The summed E-state index contributed by atoms with van der Waals surface area (Å²) in [6.07, 6.45) is 14.1. The van der Waals surface area contributed by atoms with Crippen molar-refractivity contribution < 1.29 is 14.3 Å². The third kappa shape index (κ3) is 7.29. The number of ether oxygens (including phenoxy) is 2. The number of carbonyl (C=O) groups excluding carboxylic acids is 1. The Labute approximate surface area is 209 Å². The SMILES string of the molecule is C=Nc1c(OC(=O)c2ccc(C=CC3CCC(CCC)CC3)cc2)ccc(OCCCC)c1C#N. The summed E-state index contributed by atoms with van der Waals surface area (Å²) in [6.45, 7) is 8.38. The first kappa shape index (κ1) is 26.2. The van der Waals surface area contributed by atoms with E-state index in [-0.39, 0.29) is 17.0 Å². The third-order valence-electron chi connectivity index (χ3n) is 6.63. The maximum Gasteiger partial charge on any atom is 0.343 e. The van der Waals surface area contributed by atoms with Crippen LogP contribution in [0.15, 0.2) is 47.5 Å². The molecular weight excluding hydrogens is 436 g/mol. The summed E-state index contributed by atoms with van der Waals surface area (Å²) in [7, 11) is 0. The Morgan fingerprint density at radius 2 is 1.80 bits per heavy atom. The van der Waals surface area contributed by atoms with E-state index in [2.05, 4.69) is 43.8 Å². The molecule has 0 spiro atoms. The van der Waals surface area contributed by atoms with Crippen LogP contribution >= 0.6 is 0 Å². The number of rotatable bonds is 11. The van der Waals surface area contributed by atoms with Gasteiger partial charge in [0.15, 0.2) is 5.75 Å². The van der Waals surface area contributed by atoms with Gasteiger partial charge in [-0.3, -0.25) is 4.99 Å². The maximum atomic E-state index is 12.8. The molecule has 35 heavy (non-hydrogen) atoms. The van der Waals surface area contributed by atoms with Crippen molar-refractivity contribution in [2.75, 3.05) is 6.61 Å². The largest absolute Gasteiger partial charge is 0.492 e. The predicted octanol–water partition coefficient (Wildman–Crippen LogP) is 7.91. The van der Waals surface area contributed by atoms with Gasteiger partial charge >= 0.3 is 5.97 Å². The van der Waals surface area contributed by atoms with E-state index in [1.165, 1.54) is 38.5 Å². The van der Waals surface area contributed by atoms with Gasteiger partial charge in [-0.15, -0.1) is 0 Å². The molecule has 1 aliphatic carbocycles. The molecule has 2 aromatic rings. The van der Waals surface area contributed by atoms with E-state index >= 15 is 0 Å². The monoisotopic (exact) mass is 472 g/mol. The van der Waals surface area contributed by atoms with E-state index in [0.717, 1.165) is 24.3 Å². The second kappa shape index (κ2) is 13.5. The number of nitrogens with zero attached hydrogens (tertiary/aromatic N) is 2. The molecule has 2 aromatic carbocycles. The molecule has 1 saturated carbocycles. The van der Waals surface area contributed by atoms with Gasteiger partial charge in [0.1, 0.15) is 23.1 Å². The molecule has 0 aromatic heterocycles. The number of hydrogen-bond donors (Lipinski definition) is 0. The fourth-order valence-corrected chi connectivity index (χ4v) is 4.56. The van der Waals surface area contributed by atoms with Crippen molar-refractivity contribution in [3.05, 3.63) is 59.2 Å². The Hall–Kier alpha value is -3.39. The van der Waals surface area contributed by atoms with Gasteiger partial charge in [0.05, 0.1) is 12.2 Å². The first-order chi connectivity index (χ1) is 17.1. The van der Waals surface area contributed by atoms with E-state index < -0.39 is 5.97 Å². The van der Waals surface area contributed by atoms with Gasteiger partial charge in [0, 0.05) is 0 Å². The highest BCUT2D eigenvalue weighted by atomic mass is 16.5. The number of carbonyl (C=O) groups is 1. The summed E-state index contributed by atoms with van der Waals surface area (Å²) in [5, 5.41) is 9.61. The van der Waals surface area contributed by atoms with Gasteiger partial charge in [-0.05, 0) is 80.5 Å². The van der Waals surface area contributed by atoms with Crippen molar-refractivity contribution in [3.63, 3.8) is 0 Å². The summed E-state index contributed by atoms with van der Waals surface area (Å²) < 4.78 is 11.3. The fraction of sp³-hybridized carbons (Fsp3) is 0.433. The fourth-order valence-electron chi connectivity index (χ4n) is 4.56. The van der Waals surface area contributed by atoms with E-state index in [1.807, 2.05) is 12.1 Å². The zero-order valence-corrected chi connectivity index (χ0v) is 21.0. The smallest absolute Gasteiger partial charge is 0.343 e. The Morgan fingerprint density at radius 3 is 2.43 bits per heavy atom. The molecule has 0 saturated heterocycles. The summed E-state index contributed by atoms with van der Waals surface area (Å²) in [5.74, 6) is 1.63. The van der Waals surface area contributed by atoms with Crippen LogP contribution in [-0.4, -0.2) is 19.3 Å². The molecule has 5 heteroatoms. The highest BCUT2D eigenvalue weighted by Gasteiger charge is 2.19. The molecular formula is C30H36N2O3. The number of aliphatic imine (C=N–C) groups is 1. The Bertz CT molecular complexity index is 1060. The number of allylic oxidation sites excluding steroid dienone is 1. The maximum absolute atomic E-state index is 12.8. The molecule has 0 N–H and O–H groups in total. The van der Waals surface area contributed by atoms with Crippen molar-refractivity contribution >= 4 is 24.5 Å². The minimum Gasteiger partial charge on any atom is -0.492 e. The molecule has 0 bridgehead atoms. The molecule has 0 atom stereocenters. The van der Waals surface area contributed by atoms with Gasteiger partial charge in [-0.25, -0.2) is 4.79 Å². The number of benzene rings is 2. The van der Waals surface area contributed by atoms with Gasteiger partial charge in [-0.1, -0.05) is 57.4 Å². The van der Waals surface area contributed by atoms with E-state index in [0.29, 0.717) is 23.8 Å². The lowest BCUT2D eigenvalue weighted by Crippen LogP contribution is -2.12. The highest BCUT2D eigenvalue weighted by Crippen LogP contribution is 2.37. The van der Waals surface area contributed by atoms with E-state index in [9.17, 15) is 10.1 Å². The standard InChI is InChI=1S/C30H36N2O3/c1-4-6-20-34-27-18-19-28(29(32-3)26(27)21-31)35-30(33)25-16-14-24(15-17-25)13-12-23-10-8-22(7-5-2)9-11-23/h12-19,22-23H,3-11,20H2,1-2H3. The minimum absolute atomic E-state index is 0.187. The molecule has 1 fully saturated rings. The second-order valence-corrected chi connectivity index (χ2v) is 9.20. The van der Waals surface area contributed by atoms with Crippen LogP contribution in [-0.2, 0) is 0 Å². The lowest BCUT2D eigenvalue weighted by molar-refractivity contribution is 0.0735. The van der Waals surface area contributed by atoms with E-state index in [4.69, 9.17) is 9.47 Å². The molecule has 0 aliphatic heterocycles. The Balaban J connectivity index is 1.63. The van der Waals surface area contributed by atoms with Crippen molar-refractivity contribution in [2.45, 2.75) is 65.2 Å². The average Bonchev–Trinajstić information content (AvgIpc) is 2.89. The molecule has 3 rings (SSSR count). The van der Waals surface area contributed by atoms with Gasteiger partial charge in [0.25, 0.3) is 0 Å². The van der Waals surface area contributed by atoms with Crippen LogP contribution in [0.3, 0.4) is 0 Å². The van der Waals surface area contributed by atoms with Gasteiger partial charge in [0.2, 0.25) is 0 Å². The predicted molar refractivity (Wildman–Crippen MR) is 142 cm³/mol. The average molecular weight is 473 g/mol. The lowest BCUT2D eigenvalue weighted by atomic mass is 9.80. The number of esters is 1. The van der Waals surface area contributed by atoms with Crippen molar-refractivity contribution in [1.29, 1.82) is 5.26 Å². The Morgan fingerprint density at radius 1 is 1.09 bits per heavy atom. The van der Waals surface area contributed by atoms with Crippen LogP contribution in [0.25, 0.3) is 6.08 Å². The molecule has 0 heterocycles. The molecule has 0 unspecified atom stereocenters. The summed E-state index contributed by atoms with van der Waals surface area (Å²) in [5.41, 5.74) is 1.92. The summed E-state index contributed by atoms with van der Waals surface area (Å²) >= 11 is 0. The third-order valence-corrected chi connectivity index (χ3v) is 6.63. The summed E-state index contributed by atoms with van der Waals surface area (Å²) in [6, 6.07) is 12.7. The normalized spacial score (nSPS) is 17.6. The summed E-state index contributed by atoms with van der Waals surface area (Å²) in [4.78, 5) is 16.7. The van der Waals surface area contributed by atoms with Crippen molar-refractivity contribution in [1.82, 2.24) is 0 Å². The lowest BCUT2D eigenvalue weighted by Gasteiger charge is -2.26. The Kier molecular flexibility index (Phi) is 10.1. The second-order valence-electron chi connectivity index (χ2n) is 9.20. The van der Waals surface area contributed by atoms with Gasteiger partial charge < -0.3 is 9.47 Å². The van der Waals surface area contributed by atoms with Crippen LogP contribution in [0.2, 0.25) is 0 Å². The first-order valence-corrected chi connectivity index (χ1v) is 12.8. The zero-order valence-electron chi connectivity index (χ0n) is 21.0. The van der Waals surface area contributed by atoms with Crippen LogP contribution in [0.4, 0.5) is 5.69 Å². The van der Waals surface area contributed by atoms with Crippen molar-refractivity contribution in [3.8, 4) is 17.6 Å². The number of unbranched alkanes of at least 4 members (excludes halogenated alkanes) is 1. The van der Waals surface area contributed by atoms with Crippen LogP contribution in [0.1, 0.15) is 86.7 Å². The topological polar surface area (TPSA) is 71.7 Å². The van der Waals surface area contributed by atoms with Crippen LogP contribution in [0.5, 0.6) is 11.5 Å². The molecule has 184 valence electrons. The highest BCUT2D eigenvalue weighted by molar-refractivity contribution is 5.92. The molecule has 0 amide bonds. The number of nitriles is 1. The van der Waals surface area contributed by atoms with E-state index in [1.54, 1.807) is 24.3 Å². The van der Waals surface area contributed by atoms with Gasteiger partial charge in [-0.2, -0.15) is 5.26 Å². The van der Waals surface area contributed by atoms with Crippen LogP contribution in [0, 0.1) is 23.2 Å². The zero-order chi connectivity index (χ0) is 25.0. The number of hydrogen-bond acceptors (Lipinski definition) is 5. The minimum atomic E-state index is -0.511. The quantitative estimate of drug-likeness (QED) is 0.144. The molecule has 5 nitrogen and oxygen atoms in total. The first-order valence-electron chi connectivity index (χ1n) is 12.8. The van der Waals surface area contributed by atoms with Crippen molar-refractivity contribution in [2.24, 2.45) is 16.8 Å². The molecule has 1 aliphatic rings. The van der Waals surface area contributed by atoms with Crippen LogP contribution < -0.4 is 9.47 Å². The molecule has 0 radical (unpaired) electrons.